The number of benzene rings is 2. The Morgan fingerprint density at radius 3 is 2.53 bits per heavy atom. The Hall–Kier alpha value is -3.69. The molecule has 0 atom stereocenters. The number of sulfonamides is 1. The topological polar surface area (TPSA) is 149 Å². The Morgan fingerprint density at radius 2 is 1.87 bits per heavy atom. The quantitative estimate of drug-likeness (QED) is 0.380. The van der Waals surface area contributed by atoms with Crippen LogP contribution in [0.2, 0.25) is 0 Å². The van der Waals surface area contributed by atoms with Gasteiger partial charge in [0.2, 0.25) is 0 Å². The number of nitro groups is 1. The second-order valence-electron chi connectivity index (χ2n) is 9.70. The van der Waals surface area contributed by atoms with Crippen molar-refractivity contribution in [1.29, 1.82) is 5.26 Å². The summed E-state index contributed by atoms with van der Waals surface area (Å²) < 4.78 is 27.4. The van der Waals surface area contributed by atoms with Crippen molar-refractivity contribution in [1.82, 2.24) is 9.62 Å². The van der Waals surface area contributed by atoms with Crippen molar-refractivity contribution in [2.75, 3.05) is 50.0 Å². The molecule has 2 aromatic carbocycles. The molecule has 0 bridgehead atoms. The van der Waals surface area contributed by atoms with Crippen LogP contribution < -0.4 is 15.5 Å². The van der Waals surface area contributed by atoms with Gasteiger partial charge in [0.05, 0.1) is 21.5 Å². The molecule has 38 heavy (non-hydrogen) atoms. The van der Waals surface area contributed by atoms with Crippen LogP contribution in [0, 0.1) is 33.3 Å². The summed E-state index contributed by atoms with van der Waals surface area (Å²) in [7, 11) is -3.19. The molecule has 0 radical (unpaired) electrons. The lowest BCUT2D eigenvalue weighted by molar-refractivity contribution is -0.384. The first-order valence-corrected chi connectivity index (χ1v) is 14.2. The molecule has 202 valence electrons. The Kier molecular flexibility index (Phi) is 8.48. The smallest absolute Gasteiger partial charge is 0.293 e. The second-order valence-corrected chi connectivity index (χ2v) is 11.7. The van der Waals surface area contributed by atoms with Crippen LogP contribution >= 0.6 is 0 Å². The average molecular weight is 541 g/mol. The lowest BCUT2D eigenvalue weighted by atomic mass is 9.83. The van der Waals surface area contributed by atoms with E-state index in [1.165, 1.54) is 19.2 Å². The third-order valence-corrected chi connectivity index (χ3v) is 9.05. The molecule has 0 spiro atoms. The van der Waals surface area contributed by atoms with Crippen LogP contribution in [0.1, 0.15) is 36.0 Å². The molecule has 1 saturated carbocycles. The molecule has 1 saturated heterocycles. The number of hydrogen-bond donors (Lipinski definition) is 2. The minimum atomic E-state index is -4.36. The van der Waals surface area contributed by atoms with Crippen LogP contribution in [0.4, 0.5) is 17.1 Å². The minimum absolute atomic E-state index is 0.0635. The number of piperazine rings is 1. The third kappa shape index (κ3) is 5.89. The van der Waals surface area contributed by atoms with Crippen molar-refractivity contribution < 1.29 is 18.1 Å². The Morgan fingerprint density at radius 1 is 1.18 bits per heavy atom. The maximum Gasteiger partial charge on any atom is 0.293 e. The molecular formula is C26H32N6O5S. The zero-order valence-corrected chi connectivity index (χ0v) is 22.1. The summed E-state index contributed by atoms with van der Waals surface area (Å²) in [5, 5.41) is 27.2. The molecule has 2 fully saturated rings. The molecule has 2 N–H and O–H groups in total. The van der Waals surface area contributed by atoms with Gasteiger partial charge in [0.15, 0.2) is 0 Å². The zero-order valence-electron chi connectivity index (χ0n) is 21.3. The first kappa shape index (κ1) is 27.3. The fourth-order valence-electron chi connectivity index (χ4n) is 5.00. The van der Waals surface area contributed by atoms with E-state index in [9.17, 15) is 23.3 Å². The van der Waals surface area contributed by atoms with Crippen molar-refractivity contribution in [3.8, 4) is 6.07 Å². The van der Waals surface area contributed by atoms with Crippen molar-refractivity contribution in [2.24, 2.45) is 11.8 Å². The SMILES string of the molecule is CN(C(=O)c1ccccc1N1CCNCC1)S(=O)(=O)c1ccc(NCC2CCC(C#N)CC2)c([N+](=O)[O-])c1. The summed E-state index contributed by atoms with van der Waals surface area (Å²) in [5.74, 6) is -0.368. The molecule has 2 aliphatic rings. The summed E-state index contributed by atoms with van der Waals surface area (Å²) in [6.45, 7) is 3.36. The molecule has 2 aromatic rings. The van der Waals surface area contributed by atoms with Crippen molar-refractivity contribution in [3.05, 3.63) is 58.1 Å². The van der Waals surface area contributed by atoms with Gasteiger partial charge in [-0.3, -0.25) is 14.9 Å². The Balaban J connectivity index is 1.53. The fourth-order valence-corrected chi connectivity index (χ4v) is 6.13. The van der Waals surface area contributed by atoms with Gasteiger partial charge in [-0.2, -0.15) is 5.26 Å². The van der Waals surface area contributed by atoms with Gasteiger partial charge >= 0.3 is 0 Å². The molecule has 0 unspecified atom stereocenters. The van der Waals surface area contributed by atoms with Crippen molar-refractivity contribution in [2.45, 2.75) is 30.6 Å². The molecule has 1 heterocycles. The second kappa shape index (κ2) is 11.8. The van der Waals surface area contributed by atoms with Crippen LogP contribution in [-0.4, -0.2) is 63.3 Å². The summed E-state index contributed by atoms with van der Waals surface area (Å²) in [5.41, 5.74) is 0.739. The zero-order chi connectivity index (χ0) is 27.3. The highest BCUT2D eigenvalue weighted by molar-refractivity contribution is 7.89. The monoisotopic (exact) mass is 540 g/mol. The predicted molar refractivity (Wildman–Crippen MR) is 143 cm³/mol. The molecule has 1 aliphatic carbocycles. The van der Waals surface area contributed by atoms with Crippen LogP contribution in [0.25, 0.3) is 0 Å². The van der Waals surface area contributed by atoms with Gasteiger partial charge in [-0.05, 0) is 55.9 Å². The highest BCUT2D eigenvalue weighted by Crippen LogP contribution is 2.32. The van der Waals surface area contributed by atoms with E-state index in [1.54, 1.807) is 24.3 Å². The minimum Gasteiger partial charge on any atom is -0.379 e. The maximum absolute atomic E-state index is 13.4. The maximum atomic E-state index is 13.4. The number of rotatable bonds is 8. The molecule has 1 aliphatic heterocycles. The van der Waals surface area contributed by atoms with E-state index in [0.717, 1.165) is 44.8 Å². The third-order valence-electron chi connectivity index (χ3n) is 7.31. The number of carbonyl (C=O) groups excluding carboxylic acids is 1. The van der Waals surface area contributed by atoms with Gasteiger partial charge in [0, 0.05) is 57.4 Å². The molecule has 1 amide bonds. The molecular weight excluding hydrogens is 508 g/mol. The normalized spacial score (nSPS) is 19.8. The molecule has 11 nitrogen and oxygen atoms in total. The number of carbonyl (C=O) groups is 1. The molecule has 12 heteroatoms. The summed E-state index contributed by atoms with van der Waals surface area (Å²) in [4.78, 5) is 26.3. The highest BCUT2D eigenvalue weighted by atomic mass is 32.2. The summed E-state index contributed by atoms with van der Waals surface area (Å²) in [6.07, 6.45) is 3.32. The van der Waals surface area contributed by atoms with E-state index in [-0.39, 0.29) is 33.7 Å². The van der Waals surface area contributed by atoms with E-state index in [1.807, 2.05) is 4.90 Å². The lowest BCUT2D eigenvalue weighted by Gasteiger charge is -2.31. The van der Waals surface area contributed by atoms with Gasteiger partial charge in [0.1, 0.15) is 5.69 Å². The number of amides is 1. The van der Waals surface area contributed by atoms with Crippen LogP contribution in [0.5, 0.6) is 0 Å². The Labute approximate surface area is 222 Å². The van der Waals surface area contributed by atoms with E-state index < -0.39 is 20.9 Å². The average Bonchev–Trinajstić information content (AvgIpc) is 2.95. The highest BCUT2D eigenvalue weighted by Gasteiger charge is 2.31. The van der Waals surface area contributed by atoms with Crippen molar-refractivity contribution >= 4 is 33.0 Å². The molecule has 4 rings (SSSR count). The number of hydrogen-bond acceptors (Lipinski definition) is 9. The lowest BCUT2D eigenvalue weighted by Crippen LogP contribution is -2.44. The molecule has 0 aromatic heterocycles. The standard InChI is InChI=1S/C26H32N6O5S/c1-30(26(33)22-4-2-3-5-24(22)31-14-12-28-13-15-31)38(36,37)21-10-11-23(25(16-21)32(34)35)29-18-20-8-6-19(17-27)7-9-20/h2-5,10-11,16,19-20,28-29H,6-9,12-15,18H2,1H3. The van der Waals surface area contributed by atoms with E-state index in [0.29, 0.717) is 29.6 Å². The first-order valence-electron chi connectivity index (χ1n) is 12.7. The van der Waals surface area contributed by atoms with Crippen LogP contribution in [0.3, 0.4) is 0 Å². The van der Waals surface area contributed by atoms with Crippen molar-refractivity contribution in [3.63, 3.8) is 0 Å². The first-order chi connectivity index (χ1) is 18.2. The number of nitriles is 1. The fraction of sp³-hybridized carbons (Fsp3) is 0.462. The van der Waals surface area contributed by atoms with Crippen LogP contribution in [-0.2, 0) is 10.0 Å². The van der Waals surface area contributed by atoms with Gasteiger partial charge in [-0.1, -0.05) is 12.1 Å². The summed E-state index contributed by atoms with van der Waals surface area (Å²) >= 11 is 0. The number of nitro benzene ring substituents is 1. The van der Waals surface area contributed by atoms with Gasteiger partial charge < -0.3 is 15.5 Å². The van der Waals surface area contributed by atoms with Crippen LogP contribution in [0.15, 0.2) is 47.4 Å². The number of nitrogens with one attached hydrogen (secondary N) is 2. The Bertz CT molecular complexity index is 1330. The van der Waals surface area contributed by atoms with E-state index in [4.69, 9.17) is 5.26 Å². The van der Waals surface area contributed by atoms with E-state index in [2.05, 4.69) is 16.7 Å². The predicted octanol–water partition coefficient (Wildman–Crippen LogP) is 3.21. The number of nitrogens with zero attached hydrogens (tertiary/aromatic N) is 4. The van der Waals surface area contributed by atoms with Gasteiger partial charge in [-0.25, -0.2) is 12.7 Å². The van der Waals surface area contributed by atoms with E-state index >= 15 is 0 Å². The van der Waals surface area contributed by atoms with Gasteiger partial charge in [-0.15, -0.1) is 0 Å². The van der Waals surface area contributed by atoms with Gasteiger partial charge in [0.25, 0.3) is 21.6 Å². The largest absolute Gasteiger partial charge is 0.379 e. The number of para-hydroxylation sites is 1. The number of anilines is 2. The summed E-state index contributed by atoms with van der Waals surface area (Å²) in [6, 6.07) is 12.8.